The average molecular weight is 411 g/mol. The van der Waals surface area contributed by atoms with Gasteiger partial charge in [-0.1, -0.05) is 18.2 Å². The van der Waals surface area contributed by atoms with E-state index in [-0.39, 0.29) is 48.7 Å². The molecule has 0 radical (unpaired) electrons. The van der Waals surface area contributed by atoms with Gasteiger partial charge in [0.05, 0.1) is 6.54 Å². The summed E-state index contributed by atoms with van der Waals surface area (Å²) in [6.07, 6.45) is 0.319. The molecule has 2 aromatic rings. The molecule has 2 atom stereocenters. The molecule has 2 saturated heterocycles. The first-order chi connectivity index (χ1) is 14.3. The van der Waals surface area contributed by atoms with Crippen LogP contribution in [0.5, 0.6) is 5.75 Å². The van der Waals surface area contributed by atoms with Crippen LogP contribution in [0, 0.1) is 12.7 Å². The fourth-order valence-corrected chi connectivity index (χ4v) is 3.90. The van der Waals surface area contributed by atoms with Crippen molar-refractivity contribution in [3.05, 3.63) is 65.0 Å². The first kappa shape index (κ1) is 19.9. The number of hydrogen-bond acceptors (Lipinski definition) is 4. The Kier molecular flexibility index (Phi) is 5.15. The number of phenolic OH excluding ortho intramolecular Hbond substituents is 1. The number of nitrogens with zero attached hydrogens (tertiary/aromatic N) is 2. The zero-order chi connectivity index (χ0) is 21.4. The molecule has 2 heterocycles. The number of hydrogen-bond donors (Lipinski definition) is 2. The minimum Gasteiger partial charge on any atom is -0.508 e. The molecule has 3 amide bonds. The molecular formula is C22H22FN3O4. The van der Waals surface area contributed by atoms with Crippen molar-refractivity contribution in [1.29, 1.82) is 0 Å². The van der Waals surface area contributed by atoms with Crippen molar-refractivity contribution in [2.75, 3.05) is 19.6 Å². The highest BCUT2D eigenvalue weighted by Crippen LogP contribution is 2.21. The highest BCUT2D eigenvalue weighted by Gasteiger charge is 2.44. The van der Waals surface area contributed by atoms with Crippen LogP contribution in [-0.2, 0) is 16.0 Å². The second kappa shape index (κ2) is 7.78. The van der Waals surface area contributed by atoms with E-state index in [0.717, 1.165) is 5.56 Å². The van der Waals surface area contributed by atoms with Gasteiger partial charge in [0.25, 0.3) is 5.91 Å². The second-order valence-electron chi connectivity index (χ2n) is 7.69. The lowest BCUT2D eigenvalue weighted by molar-refractivity contribution is -0.152. The molecule has 2 aromatic carbocycles. The number of fused-ring (bicyclic) bond motifs is 1. The fraction of sp³-hybridized carbons (Fsp3) is 0.318. The quantitative estimate of drug-likeness (QED) is 0.795. The van der Waals surface area contributed by atoms with E-state index in [9.17, 15) is 23.9 Å². The Morgan fingerprint density at radius 3 is 2.60 bits per heavy atom. The van der Waals surface area contributed by atoms with Crippen molar-refractivity contribution in [2.45, 2.75) is 25.4 Å². The van der Waals surface area contributed by atoms with Crippen LogP contribution < -0.4 is 5.32 Å². The van der Waals surface area contributed by atoms with Crippen molar-refractivity contribution in [3.8, 4) is 5.75 Å². The maximum absolute atomic E-state index is 13.8. The van der Waals surface area contributed by atoms with Crippen LogP contribution in [0.15, 0.2) is 42.5 Å². The number of carbonyl (C=O) groups excluding carboxylic acids is 3. The van der Waals surface area contributed by atoms with Gasteiger partial charge in [0, 0.05) is 25.1 Å². The van der Waals surface area contributed by atoms with E-state index in [1.165, 1.54) is 28.0 Å². The number of halogens is 1. The van der Waals surface area contributed by atoms with Crippen molar-refractivity contribution in [1.82, 2.24) is 15.1 Å². The van der Waals surface area contributed by atoms with Gasteiger partial charge in [-0.25, -0.2) is 4.39 Å². The Bertz CT molecular complexity index is 1010. The normalized spacial score (nSPS) is 21.3. The number of phenols is 1. The molecule has 2 N–H and O–H groups in total. The van der Waals surface area contributed by atoms with Crippen LogP contribution in [0.4, 0.5) is 4.39 Å². The molecule has 0 aliphatic carbocycles. The summed E-state index contributed by atoms with van der Waals surface area (Å²) >= 11 is 0. The van der Waals surface area contributed by atoms with E-state index in [1.54, 1.807) is 31.2 Å². The van der Waals surface area contributed by atoms with E-state index in [1.807, 2.05) is 0 Å². The Labute approximate surface area is 173 Å². The van der Waals surface area contributed by atoms with E-state index in [0.29, 0.717) is 12.0 Å². The van der Waals surface area contributed by atoms with Gasteiger partial charge in [0.2, 0.25) is 11.8 Å². The molecule has 0 spiro atoms. The SMILES string of the molecule is Cc1ccc(C(=O)N2CCN3C(=O)[C@@H](Cc4ccc(O)cc4)NC(=O)[C@H]3C2)cc1F. The van der Waals surface area contributed by atoms with Gasteiger partial charge in [-0.2, -0.15) is 0 Å². The molecule has 4 rings (SSSR count). The van der Waals surface area contributed by atoms with Gasteiger partial charge in [-0.05, 0) is 42.3 Å². The minimum absolute atomic E-state index is 0.0673. The summed E-state index contributed by atoms with van der Waals surface area (Å²) in [5.41, 5.74) is 1.49. The Balaban J connectivity index is 1.46. The molecule has 0 saturated carbocycles. The molecule has 30 heavy (non-hydrogen) atoms. The number of aromatic hydroxyl groups is 1. The average Bonchev–Trinajstić information content (AvgIpc) is 2.74. The molecule has 8 heteroatoms. The molecule has 2 aliphatic heterocycles. The number of piperazine rings is 2. The molecule has 2 fully saturated rings. The molecular weight excluding hydrogens is 389 g/mol. The maximum Gasteiger partial charge on any atom is 0.254 e. The topological polar surface area (TPSA) is 90.0 Å². The summed E-state index contributed by atoms with van der Waals surface area (Å²) in [5.74, 6) is -1.19. The number of benzene rings is 2. The van der Waals surface area contributed by atoms with Crippen LogP contribution in [0.1, 0.15) is 21.5 Å². The molecule has 156 valence electrons. The summed E-state index contributed by atoms with van der Waals surface area (Å²) in [6, 6.07) is 9.33. The summed E-state index contributed by atoms with van der Waals surface area (Å²) < 4.78 is 13.8. The predicted octanol–water partition coefficient (Wildman–Crippen LogP) is 1.23. The van der Waals surface area contributed by atoms with Crippen molar-refractivity contribution >= 4 is 17.7 Å². The highest BCUT2D eigenvalue weighted by atomic mass is 19.1. The molecule has 0 unspecified atom stereocenters. The maximum atomic E-state index is 13.8. The number of amides is 3. The monoisotopic (exact) mass is 411 g/mol. The summed E-state index contributed by atoms with van der Waals surface area (Å²) in [4.78, 5) is 41.4. The van der Waals surface area contributed by atoms with Gasteiger partial charge >= 0.3 is 0 Å². The van der Waals surface area contributed by atoms with Gasteiger partial charge in [0.15, 0.2) is 0 Å². The second-order valence-corrected chi connectivity index (χ2v) is 7.69. The van der Waals surface area contributed by atoms with Gasteiger partial charge in [-0.3, -0.25) is 14.4 Å². The predicted molar refractivity (Wildman–Crippen MR) is 106 cm³/mol. The lowest BCUT2D eigenvalue weighted by Gasteiger charge is -2.45. The lowest BCUT2D eigenvalue weighted by Crippen LogP contribution is -2.70. The minimum atomic E-state index is -0.762. The Morgan fingerprint density at radius 2 is 1.90 bits per heavy atom. The van der Waals surface area contributed by atoms with Crippen LogP contribution in [0.25, 0.3) is 0 Å². The van der Waals surface area contributed by atoms with E-state index < -0.39 is 17.9 Å². The molecule has 0 aromatic heterocycles. The zero-order valence-electron chi connectivity index (χ0n) is 16.5. The van der Waals surface area contributed by atoms with Gasteiger partial charge in [0.1, 0.15) is 23.7 Å². The summed E-state index contributed by atoms with van der Waals surface area (Å²) in [7, 11) is 0. The van der Waals surface area contributed by atoms with Crippen molar-refractivity contribution < 1.29 is 23.9 Å². The Hall–Kier alpha value is -3.42. The third-order valence-electron chi connectivity index (χ3n) is 5.66. The first-order valence-corrected chi connectivity index (χ1v) is 9.77. The highest BCUT2D eigenvalue weighted by molar-refractivity contribution is 5.99. The van der Waals surface area contributed by atoms with E-state index >= 15 is 0 Å². The third-order valence-corrected chi connectivity index (χ3v) is 5.66. The fourth-order valence-electron chi connectivity index (χ4n) is 3.90. The zero-order valence-corrected chi connectivity index (χ0v) is 16.5. The lowest BCUT2D eigenvalue weighted by atomic mass is 9.98. The summed E-state index contributed by atoms with van der Waals surface area (Å²) in [6.45, 7) is 2.20. The van der Waals surface area contributed by atoms with Crippen LogP contribution in [-0.4, -0.2) is 64.3 Å². The smallest absolute Gasteiger partial charge is 0.254 e. The third kappa shape index (κ3) is 3.72. The van der Waals surface area contributed by atoms with Crippen molar-refractivity contribution in [2.24, 2.45) is 0 Å². The molecule has 0 bridgehead atoms. The number of aryl methyl sites for hydroxylation is 1. The number of nitrogens with one attached hydrogen (secondary N) is 1. The van der Waals surface area contributed by atoms with Crippen LogP contribution in [0.2, 0.25) is 0 Å². The van der Waals surface area contributed by atoms with Crippen molar-refractivity contribution in [3.63, 3.8) is 0 Å². The van der Waals surface area contributed by atoms with Gasteiger partial charge < -0.3 is 20.2 Å². The molecule has 2 aliphatic rings. The van der Waals surface area contributed by atoms with Crippen LogP contribution >= 0.6 is 0 Å². The standard InChI is InChI=1S/C22H22FN3O4/c1-13-2-5-15(11-17(13)23)21(29)25-8-9-26-19(12-25)20(28)24-18(22(26)30)10-14-3-6-16(27)7-4-14/h2-7,11,18-19,27H,8-10,12H2,1H3,(H,24,28)/t18-,19-/m1/s1. The van der Waals surface area contributed by atoms with E-state index in [4.69, 9.17) is 0 Å². The van der Waals surface area contributed by atoms with Crippen LogP contribution in [0.3, 0.4) is 0 Å². The largest absolute Gasteiger partial charge is 0.508 e. The Morgan fingerprint density at radius 1 is 1.17 bits per heavy atom. The summed E-state index contributed by atoms with van der Waals surface area (Å²) in [5, 5.41) is 12.1. The molecule has 7 nitrogen and oxygen atoms in total. The van der Waals surface area contributed by atoms with Gasteiger partial charge in [-0.15, -0.1) is 0 Å². The first-order valence-electron chi connectivity index (χ1n) is 9.77. The van der Waals surface area contributed by atoms with E-state index in [2.05, 4.69) is 5.32 Å². The number of carbonyl (C=O) groups is 3. The number of rotatable bonds is 3.